The molecule has 2 rings (SSSR count). The highest BCUT2D eigenvalue weighted by molar-refractivity contribution is 5.84. The number of carboxylic acid groups (broad SMARTS) is 1. The highest BCUT2D eigenvalue weighted by atomic mass is 16.4. The number of nitrogens with zero attached hydrogens (tertiary/aromatic N) is 2. The van der Waals surface area contributed by atoms with Crippen LogP contribution in [-0.2, 0) is 9.59 Å². The maximum absolute atomic E-state index is 12.1. The number of carbonyl (C=O) groups excluding carboxylic acids is 1. The number of hydrogen-bond donors (Lipinski definition) is 1. The number of rotatable bonds is 5. The Morgan fingerprint density at radius 3 is 2.21 bits per heavy atom. The monoisotopic (exact) mass is 268 g/mol. The van der Waals surface area contributed by atoms with Gasteiger partial charge in [-0.15, -0.1) is 0 Å². The third kappa shape index (κ3) is 3.93. The van der Waals surface area contributed by atoms with Crippen LogP contribution in [0.3, 0.4) is 0 Å². The van der Waals surface area contributed by atoms with Gasteiger partial charge < -0.3 is 10.0 Å². The molecule has 5 heteroatoms. The Hall–Kier alpha value is -1.10. The Morgan fingerprint density at radius 1 is 1.16 bits per heavy atom. The minimum Gasteiger partial charge on any atom is -0.481 e. The summed E-state index contributed by atoms with van der Waals surface area (Å²) in [5, 5.41) is 9.06. The number of aliphatic carboxylic acids is 1. The molecule has 5 nitrogen and oxygen atoms in total. The van der Waals surface area contributed by atoms with Crippen molar-refractivity contribution in [3.05, 3.63) is 0 Å². The number of amides is 1. The van der Waals surface area contributed by atoms with Crippen LogP contribution in [0.4, 0.5) is 0 Å². The van der Waals surface area contributed by atoms with E-state index in [1.54, 1.807) is 13.8 Å². The van der Waals surface area contributed by atoms with Crippen LogP contribution in [0.15, 0.2) is 0 Å². The first kappa shape index (κ1) is 14.3. The molecular formula is C14H24N2O3. The third-order valence-corrected chi connectivity index (χ3v) is 4.11. The van der Waals surface area contributed by atoms with Crippen molar-refractivity contribution in [3.8, 4) is 0 Å². The quantitative estimate of drug-likeness (QED) is 0.809. The maximum Gasteiger partial charge on any atom is 0.309 e. The second-order valence-corrected chi connectivity index (χ2v) is 6.49. The van der Waals surface area contributed by atoms with Crippen molar-refractivity contribution >= 4 is 11.9 Å². The molecule has 0 radical (unpaired) electrons. The number of hydrogen-bond acceptors (Lipinski definition) is 3. The molecule has 1 saturated carbocycles. The van der Waals surface area contributed by atoms with Crippen molar-refractivity contribution in [1.29, 1.82) is 0 Å². The zero-order valence-electron chi connectivity index (χ0n) is 11.9. The second kappa shape index (κ2) is 5.49. The fourth-order valence-electron chi connectivity index (χ4n) is 2.41. The molecular weight excluding hydrogens is 244 g/mol. The summed E-state index contributed by atoms with van der Waals surface area (Å²) in [5.41, 5.74) is -0.970. The van der Waals surface area contributed by atoms with E-state index in [0.29, 0.717) is 0 Å². The molecule has 0 aromatic heterocycles. The molecule has 1 amide bonds. The van der Waals surface area contributed by atoms with Crippen molar-refractivity contribution in [1.82, 2.24) is 9.80 Å². The van der Waals surface area contributed by atoms with E-state index in [1.807, 2.05) is 4.90 Å². The number of piperazine rings is 1. The molecule has 1 N–H and O–H groups in total. The van der Waals surface area contributed by atoms with E-state index >= 15 is 0 Å². The molecule has 0 unspecified atom stereocenters. The summed E-state index contributed by atoms with van der Waals surface area (Å²) in [6, 6.07) is 0. The van der Waals surface area contributed by atoms with Crippen LogP contribution < -0.4 is 0 Å². The third-order valence-electron chi connectivity index (χ3n) is 4.11. The molecule has 0 spiro atoms. The van der Waals surface area contributed by atoms with E-state index in [0.717, 1.165) is 32.1 Å². The van der Waals surface area contributed by atoms with Crippen LogP contribution in [0.25, 0.3) is 0 Å². The van der Waals surface area contributed by atoms with Crippen molar-refractivity contribution in [2.75, 3.05) is 32.7 Å². The predicted octanol–water partition coefficient (Wildman–Crippen LogP) is 1.04. The van der Waals surface area contributed by atoms with Crippen LogP contribution in [0.2, 0.25) is 0 Å². The fourth-order valence-corrected chi connectivity index (χ4v) is 2.41. The van der Waals surface area contributed by atoms with Crippen LogP contribution in [0, 0.1) is 11.3 Å². The van der Waals surface area contributed by atoms with Crippen molar-refractivity contribution in [2.45, 2.75) is 33.1 Å². The SMILES string of the molecule is CC(C)(CC(=O)N1CCN(CC2CC2)CC1)C(=O)O. The lowest BCUT2D eigenvalue weighted by molar-refractivity contribution is -0.151. The summed E-state index contributed by atoms with van der Waals surface area (Å²) in [4.78, 5) is 27.4. The van der Waals surface area contributed by atoms with Gasteiger partial charge in [0.1, 0.15) is 0 Å². The predicted molar refractivity (Wildman–Crippen MR) is 71.8 cm³/mol. The Kier molecular flexibility index (Phi) is 4.13. The van der Waals surface area contributed by atoms with Crippen LogP contribution in [0.5, 0.6) is 0 Å². The largest absolute Gasteiger partial charge is 0.481 e. The zero-order valence-corrected chi connectivity index (χ0v) is 11.9. The maximum atomic E-state index is 12.1. The van der Waals surface area contributed by atoms with Crippen molar-refractivity contribution in [3.63, 3.8) is 0 Å². The average molecular weight is 268 g/mol. The van der Waals surface area contributed by atoms with Gasteiger partial charge in [0.15, 0.2) is 0 Å². The van der Waals surface area contributed by atoms with Gasteiger partial charge in [-0.05, 0) is 32.6 Å². The molecule has 19 heavy (non-hydrogen) atoms. The molecule has 0 aromatic carbocycles. The lowest BCUT2D eigenvalue weighted by atomic mass is 9.89. The van der Waals surface area contributed by atoms with Gasteiger partial charge >= 0.3 is 5.97 Å². The highest BCUT2D eigenvalue weighted by Gasteiger charge is 2.33. The van der Waals surface area contributed by atoms with Gasteiger partial charge in [-0.2, -0.15) is 0 Å². The van der Waals surface area contributed by atoms with E-state index in [4.69, 9.17) is 5.11 Å². The Balaban J connectivity index is 1.76. The van der Waals surface area contributed by atoms with Gasteiger partial charge in [-0.1, -0.05) is 0 Å². The molecule has 1 heterocycles. The molecule has 0 aromatic rings. The number of carboxylic acids is 1. The molecule has 2 fully saturated rings. The Bertz CT molecular complexity index is 356. The summed E-state index contributed by atoms with van der Waals surface area (Å²) < 4.78 is 0. The molecule has 1 saturated heterocycles. The highest BCUT2D eigenvalue weighted by Crippen LogP contribution is 2.30. The van der Waals surface area contributed by atoms with E-state index in [1.165, 1.54) is 19.4 Å². The molecule has 0 atom stereocenters. The standard InChI is InChI=1S/C14H24N2O3/c1-14(2,13(18)19)9-12(17)16-7-5-15(6-8-16)10-11-3-4-11/h11H,3-10H2,1-2H3,(H,18,19). The zero-order chi connectivity index (χ0) is 14.0. The molecule has 0 bridgehead atoms. The topological polar surface area (TPSA) is 60.9 Å². The molecule has 108 valence electrons. The van der Waals surface area contributed by atoms with E-state index < -0.39 is 11.4 Å². The van der Waals surface area contributed by atoms with Crippen LogP contribution >= 0.6 is 0 Å². The first-order valence-electron chi connectivity index (χ1n) is 7.12. The van der Waals surface area contributed by atoms with Gasteiger partial charge in [0.25, 0.3) is 0 Å². The van der Waals surface area contributed by atoms with E-state index in [-0.39, 0.29) is 12.3 Å². The number of carbonyl (C=O) groups is 2. The van der Waals surface area contributed by atoms with Crippen LogP contribution in [-0.4, -0.2) is 59.5 Å². The van der Waals surface area contributed by atoms with Crippen LogP contribution in [0.1, 0.15) is 33.1 Å². The lowest BCUT2D eigenvalue weighted by Crippen LogP contribution is -2.50. The smallest absolute Gasteiger partial charge is 0.309 e. The molecule has 1 aliphatic carbocycles. The van der Waals surface area contributed by atoms with Crippen molar-refractivity contribution in [2.24, 2.45) is 11.3 Å². The normalized spacial score (nSPS) is 21.5. The second-order valence-electron chi connectivity index (χ2n) is 6.49. The molecule has 2 aliphatic rings. The fraction of sp³-hybridized carbons (Fsp3) is 0.857. The minimum atomic E-state index is -0.970. The Morgan fingerprint density at radius 2 is 1.74 bits per heavy atom. The van der Waals surface area contributed by atoms with E-state index in [9.17, 15) is 9.59 Å². The minimum absolute atomic E-state index is 0.0292. The first-order chi connectivity index (χ1) is 8.88. The summed E-state index contributed by atoms with van der Waals surface area (Å²) in [6.45, 7) is 7.71. The summed E-state index contributed by atoms with van der Waals surface area (Å²) >= 11 is 0. The van der Waals surface area contributed by atoms with Crippen molar-refractivity contribution < 1.29 is 14.7 Å². The average Bonchev–Trinajstić information content (AvgIpc) is 3.13. The Labute approximate surface area is 114 Å². The summed E-state index contributed by atoms with van der Waals surface area (Å²) in [5.74, 6) is -0.0557. The van der Waals surface area contributed by atoms with E-state index in [2.05, 4.69) is 4.90 Å². The summed E-state index contributed by atoms with van der Waals surface area (Å²) in [7, 11) is 0. The lowest BCUT2D eigenvalue weighted by Gasteiger charge is -2.35. The van der Waals surface area contributed by atoms with Gasteiger partial charge in [0.2, 0.25) is 5.91 Å². The van der Waals surface area contributed by atoms with Gasteiger partial charge in [0, 0.05) is 39.1 Å². The van der Waals surface area contributed by atoms with Gasteiger partial charge in [-0.25, -0.2) is 0 Å². The first-order valence-corrected chi connectivity index (χ1v) is 7.12. The van der Waals surface area contributed by atoms with Gasteiger partial charge in [0.05, 0.1) is 5.41 Å². The van der Waals surface area contributed by atoms with Gasteiger partial charge in [-0.3, -0.25) is 14.5 Å². The summed E-state index contributed by atoms with van der Waals surface area (Å²) in [6.07, 6.45) is 2.79. The molecule has 1 aliphatic heterocycles.